The summed E-state index contributed by atoms with van der Waals surface area (Å²) in [6.07, 6.45) is 5.63. The van der Waals surface area contributed by atoms with Crippen LogP contribution in [0.25, 0.3) is 21.7 Å². The van der Waals surface area contributed by atoms with E-state index in [-0.39, 0.29) is 0 Å². The van der Waals surface area contributed by atoms with Crippen molar-refractivity contribution in [3.63, 3.8) is 0 Å². The zero-order valence-corrected chi connectivity index (χ0v) is 15.3. The number of nitrogens with one attached hydrogen (secondary N) is 1. The van der Waals surface area contributed by atoms with Gasteiger partial charge in [-0.1, -0.05) is 0 Å². The van der Waals surface area contributed by atoms with E-state index in [1.54, 1.807) is 11.3 Å². The van der Waals surface area contributed by atoms with Crippen molar-refractivity contribution >= 4 is 34.1 Å². The van der Waals surface area contributed by atoms with Gasteiger partial charge < -0.3 is 19.5 Å². The molecule has 0 amide bonds. The quantitative estimate of drug-likeness (QED) is 0.768. The number of nitrogens with zero attached hydrogens (tertiary/aromatic N) is 4. The Morgan fingerprint density at radius 2 is 1.92 bits per heavy atom. The molecule has 6 nitrogen and oxygen atoms in total. The Hall–Kier alpha value is -2.12. The lowest BCUT2D eigenvalue weighted by molar-refractivity contribution is 0.220. The predicted octanol–water partition coefficient (Wildman–Crippen LogP) is 3.10. The first-order valence-corrected chi connectivity index (χ1v) is 10.3. The number of benzene rings is 1. The van der Waals surface area contributed by atoms with Gasteiger partial charge >= 0.3 is 0 Å². The number of aromatic nitrogens is 2. The molecule has 4 aliphatic heterocycles. The van der Waals surface area contributed by atoms with Gasteiger partial charge in [-0.15, -0.1) is 11.3 Å². The molecule has 2 aromatic heterocycles. The highest BCUT2D eigenvalue weighted by molar-refractivity contribution is 7.13. The smallest absolute Gasteiger partial charge is 0.298 e. The third-order valence-corrected chi connectivity index (χ3v) is 6.62. The van der Waals surface area contributed by atoms with Crippen LogP contribution in [0.5, 0.6) is 0 Å². The first-order valence-electron chi connectivity index (χ1n) is 9.44. The molecule has 4 saturated heterocycles. The van der Waals surface area contributed by atoms with Crippen LogP contribution in [0.1, 0.15) is 19.3 Å². The van der Waals surface area contributed by atoms with E-state index in [4.69, 9.17) is 9.40 Å². The summed E-state index contributed by atoms with van der Waals surface area (Å²) in [7, 11) is 0. The zero-order chi connectivity index (χ0) is 17.1. The Bertz CT molecular complexity index is 930. The van der Waals surface area contributed by atoms with Crippen molar-refractivity contribution < 1.29 is 4.42 Å². The Kier molecular flexibility index (Phi) is 3.28. The standard InChI is InChI=1S/C19H21N5OS/c1-2-7-23(6-1)15-4-3-14(18-20-5-8-26-18)17-16(15)22-19(25-17)24-10-12-9-13(11-24)21-12/h3-5,8,12-13,21H,1-2,6-7,9-11H2. The third-order valence-electron chi connectivity index (χ3n) is 5.81. The lowest BCUT2D eigenvalue weighted by Gasteiger charge is -2.47. The second-order valence-electron chi connectivity index (χ2n) is 7.54. The molecule has 4 aliphatic rings. The van der Waals surface area contributed by atoms with Crippen molar-refractivity contribution in [2.75, 3.05) is 36.0 Å². The minimum atomic E-state index is 0.584. The van der Waals surface area contributed by atoms with Gasteiger partial charge in [0.2, 0.25) is 0 Å². The number of piperazine rings is 1. The molecule has 0 aliphatic carbocycles. The van der Waals surface area contributed by atoms with Gasteiger partial charge in [-0.25, -0.2) is 4.98 Å². The van der Waals surface area contributed by atoms with Crippen LogP contribution in [0.15, 0.2) is 28.1 Å². The number of hydrogen-bond acceptors (Lipinski definition) is 7. The van der Waals surface area contributed by atoms with E-state index < -0.39 is 0 Å². The second-order valence-corrected chi connectivity index (χ2v) is 8.43. The van der Waals surface area contributed by atoms with Crippen LogP contribution in [-0.4, -0.2) is 48.2 Å². The summed E-state index contributed by atoms with van der Waals surface area (Å²) in [6, 6.07) is 6.28. The fraction of sp³-hybridized carbons (Fsp3) is 0.474. The summed E-state index contributed by atoms with van der Waals surface area (Å²) in [5.74, 6) is 0. The van der Waals surface area contributed by atoms with Crippen molar-refractivity contribution in [2.24, 2.45) is 0 Å². The van der Waals surface area contributed by atoms with Crippen molar-refractivity contribution in [3.05, 3.63) is 23.7 Å². The summed E-state index contributed by atoms with van der Waals surface area (Å²) in [5.41, 5.74) is 4.12. The van der Waals surface area contributed by atoms with E-state index in [1.807, 2.05) is 11.6 Å². The summed E-state index contributed by atoms with van der Waals surface area (Å²) >= 11 is 1.65. The molecule has 26 heavy (non-hydrogen) atoms. The molecular weight excluding hydrogens is 346 g/mol. The molecule has 0 radical (unpaired) electrons. The van der Waals surface area contributed by atoms with Gasteiger partial charge in [-0.05, 0) is 31.4 Å². The second kappa shape index (κ2) is 5.69. The van der Waals surface area contributed by atoms with E-state index in [2.05, 4.69) is 32.2 Å². The molecule has 3 aromatic rings. The highest BCUT2D eigenvalue weighted by Crippen LogP contribution is 2.39. The maximum atomic E-state index is 6.36. The molecular formula is C19H21N5OS. The van der Waals surface area contributed by atoms with Crippen molar-refractivity contribution in [1.29, 1.82) is 0 Å². The number of rotatable bonds is 3. The van der Waals surface area contributed by atoms with Gasteiger partial charge in [0.15, 0.2) is 5.58 Å². The fourth-order valence-electron chi connectivity index (χ4n) is 4.52. The highest BCUT2D eigenvalue weighted by Gasteiger charge is 2.38. The Morgan fingerprint density at radius 1 is 1.12 bits per heavy atom. The summed E-state index contributed by atoms with van der Waals surface area (Å²) in [6.45, 7) is 4.17. The van der Waals surface area contributed by atoms with Gasteiger partial charge in [0.25, 0.3) is 6.01 Å². The van der Waals surface area contributed by atoms with E-state index in [1.165, 1.54) is 24.9 Å². The van der Waals surface area contributed by atoms with E-state index in [9.17, 15) is 0 Å². The largest absolute Gasteiger partial charge is 0.423 e. The number of thiazole rings is 1. The van der Waals surface area contributed by atoms with Crippen LogP contribution in [0, 0.1) is 0 Å². The molecule has 1 N–H and O–H groups in total. The Labute approximate surface area is 155 Å². The number of piperidine rings is 1. The number of anilines is 2. The van der Waals surface area contributed by atoms with E-state index >= 15 is 0 Å². The van der Waals surface area contributed by atoms with Crippen molar-refractivity contribution in [1.82, 2.24) is 15.3 Å². The van der Waals surface area contributed by atoms with Gasteiger partial charge in [0.1, 0.15) is 10.5 Å². The molecule has 6 heterocycles. The van der Waals surface area contributed by atoms with Crippen LogP contribution in [-0.2, 0) is 0 Å². The maximum absolute atomic E-state index is 6.36. The monoisotopic (exact) mass is 367 g/mol. The molecule has 2 unspecified atom stereocenters. The maximum Gasteiger partial charge on any atom is 0.298 e. The first kappa shape index (κ1) is 15.0. The molecule has 7 rings (SSSR count). The average Bonchev–Trinajstić information content (AvgIpc) is 3.41. The average molecular weight is 367 g/mol. The van der Waals surface area contributed by atoms with Crippen LogP contribution in [0.4, 0.5) is 11.7 Å². The van der Waals surface area contributed by atoms with Crippen LogP contribution in [0.2, 0.25) is 0 Å². The molecule has 2 bridgehead atoms. The topological polar surface area (TPSA) is 57.4 Å². The van der Waals surface area contributed by atoms with E-state index in [0.29, 0.717) is 12.1 Å². The van der Waals surface area contributed by atoms with Gasteiger partial charge in [0.05, 0.1) is 11.3 Å². The summed E-state index contributed by atoms with van der Waals surface area (Å²) in [5, 5.41) is 6.58. The molecule has 4 fully saturated rings. The Balaban J connectivity index is 1.49. The van der Waals surface area contributed by atoms with Crippen molar-refractivity contribution in [2.45, 2.75) is 31.3 Å². The number of fused-ring (bicyclic) bond motifs is 3. The summed E-state index contributed by atoms with van der Waals surface area (Å²) < 4.78 is 6.36. The molecule has 0 saturated carbocycles. The molecule has 134 valence electrons. The zero-order valence-electron chi connectivity index (χ0n) is 14.5. The fourth-order valence-corrected chi connectivity index (χ4v) is 5.18. The van der Waals surface area contributed by atoms with Gasteiger partial charge in [-0.2, -0.15) is 4.98 Å². The molecule has 0 spiro atoms. The van der Waals surface area contributed by atoms with Crippen LogP contribution >= 0.6 is 11.3 Å². The van der Waals surface area contributed by atoms with Crippen LogP contribution < -0.4 is 15.1 Å². The van der Waals surface area contributed by atoms with Crippen LogP contribution in [0.3, 0.4) is 0 Å². The minimum absolute atomic E-state index is 0.584. The van der Waals surface area contributed by atoms with Crippen molar-refractivity contribution in [3.8, 4) is 10.6 Å². The first-order chi connectivity index (χ1) is 12.8. The van der Waals surface area contributed by atoms with Gasteiger partial charge in [-0.3, -0.25) is 0 Å². The highest BCUT2D eigenvalue weighted by atomic mass is 32.1. The minimum Gasteiger partial charge on any atom is -0.423 e. The molecule has 7 heteroatoms. The molecule has 1 aromatic carbocycles. The van der Waals surface area contributed by atoms with Gasteiger partial charge in [0, 0.05) is 49.8 Å². The lowest BCUT2D eigenvalue weighted by Crippen LogP contribution is -2.67. The predicted molar refractivity (Wildman–Crippen MR) is 104 cm³/mol. The third kappa shape index (κ3) is 2.27. The van der Waals surface area contributed by atoms with E-state index in [0.717, 1.165) is 53.9 Å². The Morgan fingerprint density at radius 3 is 2.65 bits per heavy atom. The number of hydrogen-bond donors (Lipinski definition) is 1. The molecule has 2 atom stereocenters. The number of oxazole rings is 1. The summed E-state index contributed by atoms with van der Waals surface area (Å²) in [4.78, 5) is 14.2. The normalized spacial score (nSPS) is 25.1. The lowest BCUT2D eigenvalue weighted by atomic mass is 9.92. The SMILES string of the molecule is c1csc(-c2ccc(N3CCCC3)c3nc(N4CC5CC(C4)N5)oc23)n1.